The molecule has 1 heterocycles. The first-order valence-electron chi connectivity index (χ1n) is 7.17. The Morgan fingerprint density at radius 1 is 1.30 bits per heavy atom. The number of hydrogen-bond donors (Lipinski definition) is 1. The number of benzene rings is 1. The zero-order valence-electron chi connectivity index (χ0n) is 11.6. The van der Waals surface area contributed by atoms with Gasteiger partial charge in [0.1, 0.15) is 0 Å². The molecule has 0 aliphatic heterocycles. The van der Waals surface area contributed by atoms with Crippen molar-refractivity contribution in [1.29, 1.82) is 0 Å². The Morgan fingerprint density at radius 3 is 2.95 bits per heavy atom. The van der Waals surface area contributed by atoms with Crippen LogP contribution in [0, 0.1) is 0 Å². The molecule has 3 rings (SSSR count). The largest absolute Gasteiger partial charge is 0.348 e. The van der Waals surface area contributed by atoms with E-state index in [-0.39, 0.29) is 17.9 Å². The summed E-state index contributed by atoms with van der Waals surface area (Å²) in [6.45, 7) is 2.05. The van der Waals surface area contributed by atoms with Crippen molar-refractivity contribution in [3.05, 3.63) is 57.8 Å². The van der Waals surface area contributed by atoms with E-state index in [1.54, 1.807) is 11.3 Å². The zero-order valence-corrected chi connectivity index (χ0v) is 12.5. The van der Waals surface area contributed by atoms with Gasteiger partial charge in [-0.3, -0.25) is 4.79 Å². The fourth-order valence-electron chi connectivity index (χ4n) is 2.95. The number of thiophene rings is 1. The molecule has 0 saturated heterocycles. The van der Waals surface area contributed by atoms with Crippen LogP contribution in [0.3, 0.4) is 0 Å². The Labute approximate surface area is 123 Å². The summed E-state index contributed by atoms with van der Waals surface area (Å²) in [5.41, 5.74) is 2.55. The Bertz CT molecular complexity index is 591. The smallest absolute Gasteiger partial charge is 0.228 e. The van der Waals surface area contributed by atoms with Crippen LogP contribution in [0.1, 0.15) is 47.7 Å². The molecule has 20 heavy (non-hydrogen) atoms. The molecule has 0 spiro atoms. The average Bonchev–Trinajstić information content (AvgIpc) is 3.01. The van der Waals surface area contributed by atoms with E-state index >= 15 is 0 Å². The lowest BCUT2D eigenvalue weighted by atomic mass is 9.82. The van der Waals surface area contributed by atoms with Crippen LogP contribution in [0.25, 0.3) is 0 Å². The summed E-state index contributed by atoms with van der Waals surface area (Å²) >= 11 is 1.69. The molecule has 2 atom stereocenters. The van der Waals surface area contributed by atoms with E-state index in [1.807, 2.05) is 17.5 Å². The highest BCUT2D eigenvalue weighted by Gasteiger charge is 2.27. The lowest BCUT2D eigenvalue weighted by Crippen LogP contribution is -2.33. The van der Waals surface area contributed by atoms with Crippen LogP contribution >= 0.6 is 11.3 Å². The van der Waals surface area contributed by atoms with Crippen LogP contribution in [-0.2, 0) is 11.2 Å². The molecule has 1 aromatic carbocycles. The van der Waals surface area contributed by atoms with E-state index in [2.05, 4.69) is 36.5 Å². The Morgan fingerprint density at radius 2 is 2.15 bits per heavy atom. The number of amides is 1. The Balaban J connectivity index is 1.75. The molecule has 1 aromatic heterocycles. The fraction of sp³-hybridized carbons (Fsp3) is 0.353. The van der Waals surface area contributed by atoms with Crippen molar-refractivity contribution in [3.63, 3.8) is 0 Å². The summed E-state index contributed by atoms with van der Waals surface area (Å²) in [5.74, 6) is 0.181. The number of carbonyl (C=O) groups is 1. The highest BCUT2D eigenvalue weighted by Crippen LogP contribution is 2.32. The van der Waals surface area contributed by atoms with Crippen LogP contribution in [0.5, 0.6) is 0 Å². The molecule has 0 fully saturated rings. The van der Waals surface area contributed by atoms with Gasteiger partial charge in [0.15, 0.2) is 0 Å². The van der Waals surface area contributed by atoms with Crippen molar-refractivity contribution in [3.8, 4) is 0 Å². The van der Waals surface area contributed by atoms with Crippen LogP contribution in [0.4, 0.5) is 0 Å². The lowest BCUT2D eigenvalue weighted by molar-refractivity contribution is -0.123. The van der Waals surface area contributed by atoms with Gasteiger partial charge in [-0.15, -0.1) is 11.3 Å². The molecular weight excluding hydrogens is 266 g/mol. The van der Waals surface area contributed by atoms with Crippen LogP contribution in [0.15, 0.2) is 41.8 Å². The van der Waals surface area contributed by atoms with Crippen molar-refractivity contribution >= 4 is 17.2 Å². The van der Waals surface area contributed by atoms with Gasteiger partial charge in [-0.1, -0.05) is 30.3 Å². The second kappa shape index (κ2) is 5.80. The standard InChI is InChI=1S/C17H19NOS/c1-12(16-10-5-11-20-16)18-17(19)15-9-4-7-13-6-2-3-8-14(13)15/h2-3,5-6,8,10-12,15H,4,7,9H2,1H3,(H,18,19)/t12-,15-/m0/s1. The van der Waals surface area contributed by atoms with E-state index in [1.165, 1.54) is 16.0 Å². The maximum absolute atomic E-state index is 12.6. The molecule has 1 aliphatic carbocycles. The van der Waals surface area contributed by atoms with Crippen LogP contribution in [-0.4, -0.2) is 5.91 Å². The van der Waals surface area contributed by atoms with Crippen molar-refractivity contribution in [2.45, 2.75) is 38.1 Å². The minimum absolute atomic E-state index is 0.0161. The van der Waals surface area contributed by atoms with Gasteiger partial charge in [0.25, 0.3) is 0 Å². The quantitative estimate of drug-likeness (QED) is 0.906. The molecule has 1 N–H and O–H groups in total. The van der Waals surface area contributed by atoms with Crippen LogP contribution < -0.4 is 5.32 Å². The van der Waals surface area contributed by atoms with Gasteiger partial charge in [-0.2, -0.15) is 0 Å². The molecule has 3 heteroatoms. The SMILES string of the molecule is C[C@H](NC(=O)[C@H]1CCCc2ccccc21)c1cccs1. The Kier molecular flexibility index (Phi) is 3.88. The van der Waals surface area contributed by atoms with E-state index < -0.39 is 0 Å². The normalized spacial score (nSPS) is 19.1. The minimum atomic E-state index is 0.0161. The van der Waals surface area contributed by atoms with Gasteiger partial charge in [0, 0.05) is 4.88 Å². The van der Waals surface area contributed by atoms with Gasteiger partial charge in [0.05, 0.1) is 12.0 Å². The monoisotopic (exact) mass is 285 g/mol. The van der Waals surface area contributed by atoms with E-state index in [4.69, 9.17) is 0 Å². The summed E-state index contributed by atoms with van der Waals surface area (Å²) in [6, 6.07) is 12.5. The predicted octanol–water partition coefficient (Wildman–Crippen LogP) is 4.05. The van der Waals surface area contributed by atoms with Gasteiger partial charge in [-0.25, -0.2) is 0 Å². The van der Waals surface area contributed by atoms with Crippen molar-refractivity contribution < 1.29 is 4.79 Å². The molecule has 0 radical (unpaired) electrons. The van der Waals surface area contributed by atoms with E-state index in [9.17, 15) is 4.79 Å². The first-order chi connectivity index (χ1) is 9.75. The highest BCUT2D eigenvalue weighted by atomic mass is 32.1. The third-order valence-electron chi connectivity index (χ3n) is 4.01. The summed E-state index contributed by atoms with van der Waals surface area (Å²) < 4.78 is 0. The maximum Gasteiger partial charge on any atom is 0.228 e. The summed E-state index contributed by atoms with van der Waals surface area (Å²) in [4.78, 5) is 13.8. The molecule has 2 aromatic rings. The molecule has 2 nitrogen and oxygen atoms in total. The molecule has 1 amide bonds. The summed E-state index contributed by atoms with van der Waals surface area (Å²) in [5, 5.41) is 5.21. The molecular formula is C17H19NOS. The fourth-order valence-corrected chi connectivity index (χ4v) is 3.68. The van der Waals surface area contributed by atoms with Gasteiger partial charge in [-0.05, 0) is 48.8 Å². The van der Waals surface area contributed by atoms with Crippen LogP contribution in [0.2, 0.25) is 0 Å². The summed E-state index contributed by atoms with van der Waals surface area (Å²) in [7, 11) is 0. The second-order valence-electron chi connectivity index (χ2n) is 5.39. The van der Waals surface area contributed by atoms with E-state index in [0.29, 0.717) is 0 Å². The predicted molar refractivity (Wildman–Crippen MR) is 83.0 cm³/mol. The van der Waals surface area contributed by atoms with Gasteiger partial charge in [0.2, 0.25) is 5.91 Å². The second-order valence-corrected chi connectivity index (χ2v) is 6.37. The van der Waals surface area contributed by atoms with Crippen molar-refractivity contribution in [2.24, 2.45) is 0 Å². The number of nitrogens with one attached hydrogen (secondary N) is 1. The van der Waals surface area contributed by atoms with Gasteiger partial charge >= 0.3 is 0 Å². The molecule has 1 aliphatic rings. The number of hydrogen-bond acceptors (Lipinski definition) is 2. The number of aryl methyl sites for hydroxylation is 1. The van der Waals surface area contributed by atoms with E-state index in [0.717, 1.165) is 19.3 Å². The highest BCUT2D eigenvalue weighted by molar-refractivity contribution is 7.10. The molecule has 0 unspecified atom stereocenters. The first-order valence-corrected chi connectivity index (χ1v) is 8.05. The average molecular weight is 285 g/mol. The molecule has 104 valence electrons. The third-order valence-corrected chi connectivity index (χ3v) is 5.07. The minimum Gasteiger partial charge on any atom is -0.348 e. The zero-order chi connectivity index (χ0) is 13.9. The number of rotatable bonds is 3. The topological polar surface area (TPSA) is 29.1 Å². The molecule has 0 saturated carbocycles. The first kappa shape index (κ1) is 13.4. The van der Waals surface area contributed by atoms with Crippen molar-refractivity contribution in [1.82, 2.24) is 5.32 Å². The maximum atomic E-state index is 12.6. The van der Waals surface area contributed by atoms with Gasteiger partial charge < -0.3 is 5.32 Å². The lowest BCUT2D eigenvalue weighted by Gasteiger charge is -2.26. The Hall–Kier alpha value is -1.61. The number of carbonyl (C=O) groups excluding carboxylic acids is 1. The third kappa shape index (κ3) is 2.63. The molecule has 0 bridgehead atoms. The van der Waals surface area contributed by atoms with Crippen molar-refractivity contribution in [2.75, 3.05) is 0 Å². The summed E-state index contributed by atoms with van der Waals surface area (Å²) in [6.07, 6.45) is 3.16. The number of fused-ring (bicyclic) bond motifs is 1.